The Morgan fingerprint density at radius 3 is 2.62 bits per heavy atom. The Hall–Kier alpha value is -2.34. The summed E-state index contributed by atoms with van der Waals surface area (Å²) < 4.78 is 12.4. The van der Waals surface area contributed by atoms with Gasteiger partial charge in [0.15, 0.2) is 0 Å². The lowest BCUT2D eigenvalue weighted by Gasteiger charge is -2.12. The summed E-state index contributed by atoms with van der Waals surface area (Å²) in [5, 5.41) is 0. The zero-order valence-electron chi connectivity index (χ0n) is 12.4. The SMILES string of the molecule is COc1cc(CN)cc(Oc2nccn(C(C)C)c2=O)c1. The lowest BCUT2D eigenvalue weighted by molar-refractivity contribution is 0.403. The Balaban J connectivity index is 2.38. The van der Waals surface area contributed by atoms with E-state index in [1.807, 2.05) is 19.9 Å². The molecule has 0 fully saturated rings. The third-order valence-corrected chi connectivity index (χ3v) is 3.02. The van der Waals surface area contributed by atoms with Crippen LogP contribution >= 0.6 is 0 Å². The highest BCUT2D eigenvalue weighted by Gasteiger charge is 2.10. The molecule has 0 spiro atoms. The van der Waals surface area contributed by atoms with Gasteiger partial charge in [-0.05, 0) is 31.5 Å². The van der Waals surface area contributed by atoms with Gasteiger partial charge in [-0.15, -0.1) is 0 Å². The summed E-state index contributed by atoms with van der Waals surface area (Å²) in [5.74, 6) is 1.12. The number of nitrogens with two attached hydrogens (primary N) is 1. The van der Waals surface area contributed by atoms with Crippen LogP contribution < -0.4 is 20.8 Å². The van der Waals surface area contributed by atoms with E-state index in [9.17, 15) is 4.79 Å². The third kappa shape index (κ3) is 3.41. The van der Waals surface area contributed by atoms with Crippen molar-refractivity contribution in [3.63, 3.8) is 0 Å². The van der Waals surface area contributed by atoms with Gasteiger partial charge in [0.2, 0.25) is 0 Å². The molecule has 2 N–H and O–H groups in total. The van der Waals surface area contributed by atoms with Crippen LogP contribution in [0.1, 0.15) is 25.5 Å². The number of ether oxygens (including phenoxy) is 2. The fourth-order valence-electron chi connectivity index (χ4n) is 1.92. The molecule has 0 amide bonds. The predicted molar refractivity (Wildman–Crippen MR) is 79.8 cm³/mol. The molecule has 0 saturated heterocycles. The number of hydrogen-bond donors (Lipinski definition) is 1. The molecule has 0 bridgehead atoms. The Labute approximate surface area is 123 Å². The predicted octanol–water partition coefficient (Wildman–Crippen LogP) is 2.08. The van der Waals surface area contributed by atoms with E-state index < -0.39 is 0 Å². The first-order valence-electron chi connectivity index (χ1n) is 6.68. The molecule has 1 aromatic carbocycles. The first kappa shape index (κ1) is 15.1. The summed E-state index contributed by atoms with van der Waals surface area (Å²) in [6.07, 6.45) is 3.18. The minimum absolute atomic E-state index is 0.0300. The van der Waals surface area contributed by atoms with Gasteiger partial charge in [-0.3, -0.25) is 4.79 Å². The molecule has 0 aliphatic rings. The molecule has 6 nitrogen and oxygen atoms in total. The summed E-state index contributed by atoms with van der Waals surface area (Å²) in [6.45, 7) is 4.19. The van der Waals surface area contributed by atoms with E-state index in [2.05, 4.69) is 4.98 Å². The Bertz CT molecular complexity index is 658. The summed E-state index contributed by atoms with van der Waals surface area (Å²) in [4.78, 5) is 16.2. The Morgan fingerprint density at radius 1 is 1.29 bits per heavy atom. The number of hydrogen-bond acceptors (Lipinski definition) is 5. The van der Waals surface area contributed by atoms with Crippen LogP contribution in [-0.4, -0.2) is 16.7 Å². The maximum absolute atomic E-state index is 12.2. The van der Waals surface area contributed by atoms with E-state index >= 15 is 0 Å². The molecule has 2 aromatic rings. The topological polar surface area (TPSA) is 79.4 Å². The van der Waals surface area contributed by atoms with Gasteiger partial charge in [-0.2, -0.15) is 0 Å². The van der Waals surface area contributed by atoms with E-state index in [0.717, 1.165) is 5.56 Å². The van der Waals surface area contributed by atoms with Gasteiger partial charge in [-0.25, -0.2) is 4.98 Å². The average molecular weight is 289 g/mol. The van der Waals surface area contributed by atoms with Crippen molar-refractivity contribution in [2.45, 2.75) is 26.4 Å². The first-order chi connectivity index (χ1) is 10.0. The van der Waals surface area contributed by atoms with Crippen LogP contribution in [-0.2, 0) is 6.54 Å². The second kappa shape index (κ2) is 6.41. The van der Waals surface area contributed by atoms with Crippen LogP contribution in [0.3, 0.4) is 0 Å². The minimum atomic E-state index is -0.274. The zero-order chi connectivity index (χ0) is 15.4. The molecule has 1 aromatic heterocycles. The number of nitrogens with zero attached hydrogens (tertiary/aromatic N) is 2. The second-order valence-corrected chi connectivity index (χ2v) is 4.86. The van der Waals surface area contributed by atoms with Crippen molar-refractivity contribution < 1.29 is 9.47 Å². The van der Waals surface area contributed by atoms with Crippen LogP contribution in [0.2, 0.25) is 0 Å². The highest BCUT2D eigenvalue weighted by Crippen LogP contribution is 2.25. The van der Waals surface area contributed by atoms with Crippen molar-refractivity contribution in [1.82, 2.24) is 9.55 Å². The van der Waals surface area contributed by atoms with Crippen molar-refractivity contribution in [1.29, 1.82) is 0 Å². The molecular formula is C15H19N3O3. The van der Waals surface area contributed by atoms with Crippen LogP contribution in [0.4, 0.5) is 0 Å². The van der Waals surface area contributed by atoms with Crippen molar-refractivity contribution in [3.05, 3.63) is 46.5 Å². The molecule has 0 saturated carbocycles. The van der Waals surface area contributed by atoms with Gasteiger partial charge in [0.1, 0.15) is 11.5 Å². The van der Waals surface area contributed by atoms with E-state index in [4.69, 9.17) is 15.2 Å². The number of methoxy groups -OCH3 is 1. The quantitative estimate of drug-likeness (QED) is 0.911. The van der Waals surface area contributed by atoms with Crippen LogP contribution in [0, 0.1) is 0 Å². The largest absolute Gasteiger partial charge is 0.497 e. The van der Waals surface area contributed by atoms with Crippen molar-refractivity contribution in [2.24, 2.45) is 5.73 Å². The third-order valence-electron chi connectivity index (χ3n) is 3.02. The van der Waals surface area contributed by atoms with Gasteiger partial charge in [0.05, 0.1) is 7.11 Å². The molecule has 21 heavy (non-hydrogen) atoms. The fourth-order valence-corrected chi connectivity index (χ4v) is 1.92. The van der Waals surface area contributed by atoms with Crippen LogP contribution in [0.15, 0.2) is 35.4 Å². The smallest absolute Gasteiger partial charge is 0.313 e. The van der Waals surface area contributed by atoms with Crippen LogP contribution in [0.25, 0.3) is 0 Å². The van der Waals surface area contributed by atoms with Gasteiger partial charge in [0, 0.05) is 31.0 Å². The van der Waals surface area contributed by atoms with Gasteiger partial charge in [-0.1, -0.05) is 0 Å². The molecular weight excluding hydrogens is 270 g/mol. The number of aromatic nitrogens is 2. The second-order valence-electron chi connectivity index (χ2n) is 4.86. The van der Waals surface area contributed by atoms with Gasteiger partial charge >= 0.3 is 5.56 Å². The summed E-state index contributed by atoms with van der Waals surface area (Å²) in [6, 6.07) is 5.30. The maximum Gasteiger partial charge on any atom is 0.313 e. The summed E-state index contributed by atoms with van der Waals surface area (Å²) in [5.41, 5.74) is 6.21. The highest BCUT2D eigenvalue weighted by atomic mass is 16.5. The molecule has 0 atom stereocenters. The van der Waals surface area contributed by atoms with E-state index in [1.165, 1.54) is 0 Å². The zero-order valence-corrected chi connectivity index (χ0v) is 12.4. The highest BCUT2D eigenvalue weighted by molar-refractivity contribution is 5.39. The van der Waals surface area contributed by atoms with E-state index in [1.54, 1.807) is 36.2 Å². The van der Waals surface area contributed by atoms with E-state index in [0.29, 0.717) is 18.0 Å². The summed E-state index contributed by atoms with van der Waals surface area (Å²) in [7, 11) is 1.56. The number of benzene rings is 1. The Kier molecular flexibility index (Phi) is 4.59. The van der Waals surface area contributed by atoms with Crippen LogP contribution in [0.5, 0.6) is 17.4 Å². The molecule has 6 heteroatoms. The van der Waals surface area contributed by atoms with Crippen molar-refractivity contribution in [3.8, 4) is 17.4 Å². The normalized spacial score (nSPS) is 10.7. The minimum Gasteiger partial charge on any atom is -0.497 e. The van der Waals surface area contributed by atoms with Gasteiger partial charge in [0.25, 0.3) is 5.88 Å². The lowest BCUT2D eigenvalue weighted by Crippen LogP contribution is -2.23. The number of rotatable bonds is 5. The molecule has 0 radical (unpaired) electrons. The molecule has 0 aliphatic carbocycles. The molecule has 0 aliphatic heterocycles. The first-order valence-corrected chi connectivity index (χ1v) is 6.68. The molecule has 0 unspecified atom stereocenters. The maximum atomic E-state index is 12.2. The molecule has 2 rings (SSSR count). The molecule has 112 valence electrons. The monoisotopic (exact) mass is 289 g/mol. The standard InChI is InChI=1S/C15H19N3O3/c1-10(2)18-5-4-17-14(15(18)19)21-13-7-11(9-16)6-12(8-13)20-3/h4-8,10H,9,16H2,1-3H3. The molecule has 1 heterocycles. The van der Waals surface area contributed by atoms with E-state index in [-0.39, 0.29) is 17.5 Å². The lowest BCUT2D eigenvalue weighted by atomic mass is 10.2. The summed E-state index contributed by atoms with van der Waals surface area (Å²) >= 11 is 0. The fraction of sp³-hybridized carbons (Fsp3) is 0.333. The Morgan fingerprint density at radius 2 is 2.00 bits per heavy atom. The van der Waals surface area contributed by atoms with Crippen molar-refractivity contribution in [2.75, 3.05) is 7.11 Å². The van der Waals surface area contributed by atoms with Gasteiger partial charge < -0.3 is 19.8 Å². The van der Waals surface area contributed by atoms with Crippen molar-refractivity contribution >= 4 is 0 Å². The average Bonchev–Trinajstić information content (AvgIpc) is 2.48.